The van der Waals surface area contributed by atoms with Crippen LogP contribution >= 0.6 is 15.6 Å². The van der Waals surface area contributed by atoms with Crippen LogP contribution in [0, 0.1) is 0 Å². The summed E-state index contributed by atoms with van der Waals surface area (Å²) in [6.07, 6.45) is 17.9. The Morgan fingerprint density at radius 1 is 0.241 bits per heavy atom. The Morgan fingerprint density at radius 2 is 0.482 bits per heavy atom. The molecular weight excluding hydrogens is 1230 g/mol. The average Bonchev–Trinajstić information content (AvgIpc) is 1.78. The van der Waals surface area contributed by atoms with Crippen molar-refractivity contribution in [3.63, 3.8) is 0 Å². The molecule has 10 aromatic heterocycles. The van der Waals surface area contributed by atoms with E-state index in [1.165, 1.54) is 0 Å². The van der Waals surface area contributed by atoms with E-state index < -0.39 is 15.6 Å². The molecule has 12 nitrogen and oxygen atoms in total. The van der Waals surface area contributed by atoms with E-state index in [9.17, 15) is 50.4 Å². The number of aromatic nitrogens is 12. The molecule has 14 aromatic rings. The Bertz CT molecular complexity index is 4210. The van der Waals surface area contributed by atoms with E-state index >= 15 is 0 Å². The van der Waals surface area contributed by atoms with Crippen LogP contribution in [0.1, 0.15) is 0 Å². The number of benzene rings is 4. The zero-order valence-electron chi connectivity index (χ0n) is 41.8. The van der Waals surface area contributed by atoms with Gasteiger partial charge in [0, 0.05) is 83.5 Å². The molecule has 0 spiro atoms. The van der Waals surface area contributed by atoms with Gasteiger partial charge >= 0.3 is 85.5 Å². The van der Waals surface area contributed by atoms with Gasteiger partial charge in [0.1, 0.15) is 0 Å². The van der Waals surface area contributed by atoms with E-state index in [1.54, 1.807) is 49.6 Å². The van der Waals surface area contributed by atoms with Crippen LogP contribution in [0.25, 0.3) is 121 Å². The molecule has 0 amide bonds. The number of rotatable bonds is 3. The Kier molecular flexibility index (Phi) is 15.1. The van der Waals surface area contributed by atoms with Gasteiger partial charge in [-0.05, 0) is 144 Å². The van der Waals surface area contributed by atoms with E-state index in [0.717, 1.165) is 121 Å². The summed E-state index contributed by atoms with van der Waals surface area (Å²) in [7, 11) is -21.3. The van der Waals surface area contributed by atoms with Crippen molar-refractivity contribution < 1.29 is 69.8 Å². The second kappa shape index (κ2) is 21.4. The first-order chi connectivity index (χ1) is 38.6. The molecule has 0 saturated carbocycles. The van der Waals surface area contributed by atoms with Gasteiger partial charge in [-0.3, -0.25) is 39.9 Å². The number of nitrogens with zero attached hydrogens (tertiary/aromatic N) is 12. The first-order valence-electron chi connectivity index (χ1n) is 23.9. The molecule has 0 fully saturated rings. The third-order valence-corrected chi connectivity index (χ3v) is 11.7. The number of hydrogen-bond donors (Lipinski definition) is 0. The molecular formula is C56H34F12N12P2Ru. The maximum Gasteiger partial charge on any atom is 2.00 e. The smallest absolute Gasteiger partial charge is 0.265 e. The van der Waals surface area contributed by atoms with Crippen molar-refractivity contribution >= 4 is 103 Å². The minimum absolute atomic E-state index is 0. The Labute approximate surface area is 472 Å². The van der Waals surface area contributed by atoms with Gasteiger partial charge < -0.3 is 0 Å². The van der Waals surface area contributed by atoms with E-state index in [4.69, 9.17) is 19.9 Å². The summed E-state index contributed by atoms with van der Waals surface area (Å²) in [5, 5.41) is 3.95. The van der Waals surface area contributed by atoms with Gasteiger partial charge in [0.2, 0.25) is 0 Å². The summed E-state index contributed by atoms with van der Waals surface area (Å²) >= 11 is 0. The minimum Gasteiger partial charge on any atom is -0.265 e. The number of para-hydroxylation sites is 4. The van der Waals surface area contributed by atoms with Crippen molar-refractivity contribution in [2.24, 2.45) is 0 Å². The average molecular weight is 1270 g/mol. The second-order valence-electron chi connectivity index (χ2n) is 17.7. The van der Waals surface area contributed by atoms with Crippen molar-refractivity contribution in [2.45, 2.75) is 0 Å². The molecule has 14 rings (SSSR count). The van der Waals surface area contributed by atoms with Gasteiger partial charge in [0.15, 0.2) is 0 Å². The molecule has 0 bridgehead atoms. The molecule has 0 atom stereocenters. The van der Waals surface area contributed by atoms with E-state index in [-0.39, 0.29) is 19.5 Å². The molecule has 10 heterocycles. The zero-order chi connectivity index (χ0) is 58.0. The standard InChI is InChI=1S/C20H14N4.2C18H10N4.2F6P.Ru/c1-7-21-8-2-15(1)17-5-11-23-19(13-17)20-14-18(6-12-24-20)16-3-9-22-10-4-16;2*1-2-8-14-13(7-1)21-17-11-5-3-9-19-15(11)16-12(18(17)22-14)6-4-10-20-16;2*1-7(2,3,4,5)6;/h1-14H;2*1-10H;;;/q;;;2*-1;+2. The molecule has 27 heteroatoms. The Morgan fingerprint density at radius 3 is 0.735 bits per heavy atom. The van der Waals surface area contributed by atoms with Crippen molar-refractivity contribution in [3.8, 4) is 33.6 Å². The predicted molar refractivity (Wildman–Crippen MR) is 296 cm³/mol. The molecule has 0 aliphatic heterocycles. The first kappa shape index (κ1) is 58.6. The van der Waals surface area contributed by atoms with Gasteiger partial charge in [0.25, 0.3) is 0 Å². The van der Waals surface area contributed by atoms with Crippen molar-refractivity contribution in [2.75, 3.05) is 0 Å². The van der Waals surface area contributed by atoms with Crippen LogP contribution in [-0.2, 0) is 19.5 Å². The fraction of sp³-hybridized carbons (Fsp3) is 0. The van der Waals surface area contributed by atoms with Crippen LogP contribution in [0.15, 0.2) is 208 Å². The van der Waals surface area contributed by atoms with Crippen LogP contribution in [0.4, 0.5) is 50.4 Å². The van der Waals surface area contributed by atoms with Gasteiger partial charge in [0.05, 0.1) is 77.6 Å². The van der Waals surface area contributed by atoms with Gasteiger partial charge in [-0.1, -0.05) is 24.3 Å². The number of halogens is 12. The van der Waals surface area contributed by atoms with Gasteiger partial charge in [-0.15, -0.1) is 0 Å². The molecule has 0 radical (unpaired) electrons. The third kappa shape index (κ3) is 15.7. The summed E-state index contributed by atoms with van der Waals surface area (Å²) in [6, 6.07) is 47.7. The predicted octanol–water partition coefficient (Wildman–Crippen LogP) is 18.8. The largest absolute Gasteiger partial charge is 2.00 e. The van der Waals surface area contributed by atoms with Gasteiger partial charge in [-0.2, -0.15) is 0 Å². The van der Waals surface area contributed by atoms with Crippen LogP contribution in [0.5, 0.6) is 0 Å². The fourth-order valence-corrected chi connectivity index (χ4v) is 8.48. The first-order valence-corrected chi connectivity index (χ1v) is 27.9. The Balaban J connectivity index is 0.000000134. The second-order valence-corrected chi connectivity index (χ2v) is 21.5. The summed E-state index contributed by atoms with van der Waals surface area (Å²) < 4.78 is 118. The van der Waals surface area contributed by atoms with Crippen molar-refractivity contribution in [3.05, 3.63) is 208 Å². The quantitative estimate of drug-likeness (QED) is 0.0543. The molecule has 0 aliphatic carbocycles. The minimum atomic E-state index is -10.7. The van der Waals surface area contributed by atoms with Crippen LogP contribution in [0.3, 0.4) is 0 Å². The van der Waals surface area contributed by atoms with Crippen LogP contribution in [0.2, 0.25) is 0 Å². The Hall–Kier alpha value is -9.04. The van der Waals surface area contributed by atoms with E-state index in [2.05, 4.69) is 39.9 Å². The molecule has 4 aromatic carbocycles. The number of fused-ring (bicyclic) bond motifs is 14. The summed E-state index contributed by atoms with van der Waals surface area (Å²) in [5.74, 6) is 0. The van der Waals surface area contributed by atoms with Gasteiger partial charge in [-0.25, -0.2) is 19.9 Å². The van der Waals surface area contributed by atoms with E-state index in [1.807, 2.05) is 158 Å². The summed E-state index contributed by atoms with van der Waals surface area (Å²) in [5.41, 5.74) is 16.7. The van der Waals surface area contributed by atoms with Crippen molar-refractivity contribution in [1.82, 2.24) is 59.8 Å². The molecule has 0 unspecified atom stereocenters. The summed E-state index contributed by atoms with van der Waals surface area (Å²) in [4.78, 5) is 54.4. The zero-order valence-corrected chi connectivity index (χ0v) is 45.3. The van der Waals surface area contributed by atoms with Crippen LogP contribution < -0.4 is 0 Å². The molecule has 0 saturated heterocycles. The monoisotopic (exact) mass is 1270 g/mol. The van der Waals surface area contributed by atoms with Crippen molar-refractivity contribution in [1.29, 1.82) is 0 Å². The maximum atomic E-state index is 9.87. The van der Waals surface area contributed by atoms with Crippen LogP contribution in [-0.4, -0.2) is 59.8 Å². The molecule has 0 N–H and O–H groups in total. The summed E-state index contributed by atoms with van der Waals surface area (Å²) in [6.45, 7) is 0. The molecule has 420 valence electrons. The third-order valence-electron chi connectivity index (χ3n) is 11.7. The van der Waals surface area contributed by atoms with E-state index in [0.29, 0.717) is 0 Å². The fourth-order valence-electron chi connectivity index (χ4n) is 8.48. The molecule has 0 aliphatic rings. The molecule has 83 heavy (non-hydrogen) atoms. The normalized spacial score (nSPS) is 13.1. The number of hydrogen-bond acceptors (Lipinski definition) is 12. The number of pyridine rings is 8. The maximum absolute atomic E-state index is 10.7. The topological polar surface area (TPSA) is 155 Å². The SMILES string of the molecule is F[P-](F)(F)(F)(F)F.F[P-](F)(F)(F)(F)F.[Ru+2].c1cc(-c2ccnc(-c3cc(-c4ccncc4)ccn3)c2)ccn1.c1ccc2nc3c4cccnc4c4ncccc4c3nc2c1.c1ccc2nc3c4cccnc4c4ncccc4c3nc2c1.